The van der Waals surface area contributed by atoms with Gasteiger partial charge in [-0.3, -0.25) is 4.79 Å². The number of guanidine groups is 1. The predicted molar refractivity (Wildman–Crippen MR) is 98.4 cm³/mol. The molecule has 25 heavy (non-hydrogen) atoms. The van der Waals surface area contributed by atoms with E-state index < -0.39 is 0 Å². The second-order valence-electron chi connectivity index (χ2n) is 7.39. The van der Waals surface area contributed by atoms with Crippen molar-refractivity contribution in [3.63, 3.8) is 0 Å². The summed E-state index contributed by atoms with van der Waals surface area (Å²) >= 11 is 0. The number of carbonyl (C=O) groups is 1. The Morgan fingerprint density at radius 2 is 2.20 bits per heavy atom. The summed E-state index contributed by atoms with van der Waals surface area (Å²) in [6.07, 6.45) is 3.26. The molecule has 1 unspecified atom stereocenters. The quantitative estimate of drug-likeness (QED) is 0.628. The van der Waals surface area contributed by atoms with Gasteiger partial charge in [0.25, 0.3) is 0 Å². The highest BCUT2D eigenvalue weighted by Crippen LogP contribution is 2.22. The van der Waals surface area contributed by atoms with Gasteiger partial charge in [-0.05, 0) is 13.3 Å². The van der Waals surface area contributed by atoms with Gasteiger partial charge in [0.15, 0.2) is 5.96 Å². The Balaban J connectivity index is 1.95. The minimum absolute atomic E-state index is 0.0587. The van der Waals surface area contributed by atoms with Crippen LogP contribution in [0, 0.1) is 0 Å². The number of nitrogens with zero attached hydrogens (tertiary/aromatic N) is 3. The van der Waals surface area contributed by atoms with Crippen LogP contribution >= 0.6 is 0 Å². The van der Waals surface area contributed by atoms with E-state index in [1.165, 1.54) is 0 Å². The van der Waals surface area contributed by atoms with Crippen LogP contribution in [-0.4, -0.2) is 47.4 Å². The zero-order valence-corrected chi connectivity index (χ0v) is 16.1. The van der Waals surface area contributed by atoms with Gasteiger partial charge in [-0.2, -0.15) is 0 Å². The van der Waals surface area contributed by atoms with Crippen molar-refractivity contribution in [3.05, 3.63) is 17.8 Å². The topological polar surface area (TPSA) is 82.8 Å². The molecule has 2 heterocycles. The minimum atomic E-state index is -0.0587. The molecule has 0 aromatic carbocycles. The van der Waals surface area contributed by atoms with Crippen LogP contribution in [0.5, 0.6) is 0 Å². The Hall–Kier alpha value is -2.05. The molecule has 0 saturated carbocycles. The lowest BCUT2D eigenvalue weighted by Crippen LogP contribution is -2.45. The molecule has 1 atom stereocenters. The van der Waals surface area contributed by atoms with Gasteiger partial charge in [-0.25, -0.2) is 9.98 Å². The smallest absolute Gasteiger partial charge is 0.222 e. The van der Waals surface area contributed by atoms with E-state index in [0.717, 1.165) is 37.8 Å². The largest absolute Gasteiger partial charge is 0.443 e. The third-order valence-electron chi connectivity index (χ3n) is 4.19. The van der Waals surface area contributed by atoms with Gasteiger partial charge >= 0.3 is 0 Å². The Morgan fingerprint density at radius 1 is 1.44 bits per heavy atom. The van der Waals surface area contributed by atoms with Crippen LogP contribution in [0.15, 0.2) is 15.6 Å². The first-order chi connectivity index (χ1) is 11.8. The number of aromatic nitrogens is 1. The first-order valence-corrected chi connectivity index (χ1v) is 9.11. The van der Waals surface area contributed by atoms with Crippen molar-refractivity contribution in [2.24, 2.45) is 4.99 Å². The van der Waals surface area contributed by atoms with Crippen molar-refractivity contribution in [2.45, 2.75) is 65.5 Å². The number of nitrogens with one attached hydrogen (secondary N) is 2. The van der Waals surface area contributed by atoms with Crippen molar-refractivity contribution >= 4 is 11.9 Å². The summed E-state index contributed by atoms with van der Waals surface area (Å²) in [7, 11) is 0. The van der Waals surface area contributed by atoms with Crippen LogP contribution in [0.1, 0.15) is 59.1 Å². The molecule has 0 radical (unpaired) electrons. The maximum Gasteiger partial charge on any atom is 0.222 e. The van der Waals surface area contributed by atoms with Gasteiger partial charge in [0, 0.05) is 37.5 Å². The molecule has 1 aromatic rings. The molecule has 2 rings (SSSR count). The molecule has 1 aliphatic heterocycles. The summed E-state index contributed by atoms with van der Waals surface area (Å²) in [5, 5.41) is 6.65. The highest BCUT2D eigenvalue weighted by molar-refractivity contribution is 5.80. The summed E-state index contributed by atoms with van der Waals surface area (Å²) < 4.78 is 5.78. The second kappa shape index (κ2) is 8.36. The van der Waals surface area contributed by atoms with Gasteiger partial charge in [-0.15, -0.1) is 0 Å². The van der Waals surface area contributed by atoms with E-state index in [9.17, 15) is 4.79 Å². The number of carbonyl (C=O) groups excluding carboxylic acids is 1. The molecule has 0 spiro atoms. The number of amides is 1. The number of hydrogen-bond acceptors (Lipinski definition) is 4. The molecule has 7 heteroatoms. The van der Waals surface area contributed by atoms with Crippen molar-refractivity contribution in [2.75, 3.05) is 19.6 Å². The number of likely N-dealkylation sites (tertiary alicyclic amines) is 1. The van der Waals surface area contributed by atoms with Crippen LogP contribution in [0.4, 0.5) is 0 Å². The first kappa shape index (κ1) is 19.3. The van der Waals surface area contributed by atoms with Crippen LogP contribution in [0.25, 0.3) is 0 Å². The molecular weight excluding hydrogens is 318 g/mol. The highest BCUT2D eigenvalue weighted by atomic mass is 16.4. The molecule has 140 valence electrons. The van der Waals surface area contributed by atoms with E-state index in [0.29, 0.717) is 18.9 Å². The Morgan fingerprint density at radius 3 is 2.80 bits per heavy atom. The van der Waals surface area contributed by atoms with Crippen molar-refractivity contribution in [3.8, 4) is 0 Å². The van der Waals surface area contributed by atoms with E-state index in [4.69, 9.17) is 4.42 Å². The molecule has 1 aromatic heterocycles. The lowest BCUT2D eigenvalue weighted by atomic mass is 9.94. The van der Waals surface area contributed by atoms with E-state index in [-0.39, 0.29) is 17.4 Å². The average molecular weight is 349 g/mol. The van der Waals surface area contributed by atoms with Gasteiger partial charge in [0.1, 0.15) is 12.3 Å². The van der Waals surface area contributed by atoms with Crippen LogP contribution < -0.4 is 10.6 Å². The maximum atomic E-state index is 11.8. The number of oxazole rings is 1. The fourth-order valence-corrected chi connectivity index (χ4v) is 2.72. The highest BCUT2D eigenvalue weighted by Gasteiger charge is 2.26. The Labute approximate surface area is 150 Å². The average Bonchev–Trinajstić information content (AvgIpc) is 3.21. The summed E-state index contributed by atoms with van der Waals surface area (Å²) in [6.45, 7) is 12.9. The van der Waals surface area contributed by atoms with E-state index in [1.54, 1.807) is 6.20 Å². The number of aliphatic imine (C=N–C) groups is 1. The molecule has 0 aliphatic carbocycles. The van der Waals surface area contributed by atoms with E-state index in [1.807, 2.05) is 18.7 Å². The zero-order valence-electron chi connectivity index (χ0n) is 16.1. The Kier molecular flexibility index (Phi) is 6.45. The molecular formula is C18H31N5O2. The van der Waals surface area contributed by atoms with Gasteiger partial charge in [0.2, 0.25) is 11.8 Å². The van der Waals surface area contributed by atoms with Gasteiger partial charge < -0.3 is 20.0 Å². The first-order valence-electron chi connectivity index (χ1n) is 9.11. The van der Waals surface area contributed by atoms with Crippen molar-refractivity contribution in [1.29, 1.82) is 0 Å². The second-order valence-corrected chi connectivity index (χ2v) is 7.39. The van der Waals surface area contributed by atoms with Crippen LogP contribution in [0.3, 0.4) is 0 Å². The molecule has 1 saturated heterocycles. The molecule has 7 nitrogen and oxygen atoms in total. The summed E-state index contributed by atoms with van der Waals surface area (Å²) in [5.41, 5.74) is -0.0587. The SMILES string of the molecule is CCNC(=NCc1ncc(C(C)(C)C)o1)NC1CCN(C(=O)CC)C1. The standard InChI is InChI=1S/C18H31N5O2/c1-6-16(24)23-9-8-13(12-23)22-17(19-7-2)21-11-15-20-10-14(25-15)18(3,4)5/h10,13H,6-9,11-12H2,1-5H3,(H2,19,21,22). The van der Waals surface area contributed by atoms with E-state index >= 15 is 0 Å². The number of rotatable bonds is 5. The van der Waals surface area contributed by atoms with E-state index in [2.05, 4.69) is 41.4 Å². The molecule has 2 N–H and O–H groups in total. The third kappa shape index (κ3) is 5.47. The lowest BCUT2D eigenvalue weighted by molar-refractivity contribution is -0.129. The number of hydrogen-bond donors (Lipinski definition) is 2. The summed E-state index contributed by atoms with van der Waals surface area (Å²) in [5.74, 6) is 2.41. The molecule has 1 amide bonds. The monoisotopic (exact) mass is 349 g/mol. The predicted octanol–water partition coefficient (Wildman–Crippen LogP) is 2.04. The van der Waals surface area contributed by atoms with Gasteiger partial charge in [-0.1, -0.05) is 27.7 Å². The molecule has 1 fully saturated rings. The molecule has 0 bridgehead atoms. The Bertz CT molecular complexity index is 603. The maximum absolute atomic E-state index is 11.8. The fraction of sp³-hybridized carbons (Fsp3) is 0.722. The zero-order chi connectivity index (χ0) is 18.4. The molecule has 1 aliphatic rings. The lowest BCUT2D eigenvalue weighted by Gasteiger charge is -2.18. The van der Waals surface area contributed by atoms with Crippen LogP contribution in [0.2, 0.25) is 0 Å². The van der Waals surface area contributed by atoms with Crippen LogP contribution in [-0.2, 0) is 16.8 Å². The van der Waals surface area contributed by atoms with Crippen molar-refractivity contribution < 1.29 is 9.21 Å². The fourth-order valence-electron chi connectivity index (χ4n) is 2.72. The van der Waals surface area contributed by atoms with Crippen molar-refractivity contribution in [1.82, 2.24) is 20.5 Å². The minimum Gasteiger partial charge on any atom is -0.443 e. The normalized spacial score (nSPS) is 18.5. The third-order valence-corrected chi connectivity index (χ3v) is 4.19. The summed E-state index contributed by atoms with van der Waals surface area (Å²) in [4.78, 5) is 22.6. The summed E-state index contributed by atoms with van der Waals surface area (Å²) in [6, 6.07) is 0.225. The van der Waals surface area contributed by atoms with Gasteiger partial charge in [0.05, 0.1) is 6.20 Å².